The molecule has 0 fully saturated rings. The van der Waals surface area contributed by atoms with E-state index in [-0.39, 0.29) is 12.5 Å². The maximum atomic E-state index is 12.5. The Morgan fingerprint density at radius 3 is 2.36 bits per heavy atom. The summed E-state index contributed by atoms with van der Waals surface area (Å²) >= 11 is 3.29. The molecule has 0 spiro atoms. The Hall–Kier alpha value is -1.82. The number of rotatable bonds is 7. The number of benzene rings is 1. The van der Waals surface area contributed by atoms with Crippen LogP contribution < -0.4 is 5.32 Å². The monoisotopic (exact) mass is 411 g/mol. The first-order valence-corrected chi connectivity index (χ1v) is 8.91. The topological polar surface area (TPSA) is 64.6 Å². The number of halogens is 1. The minimum Gasteiger partial charge on any atom is -0.458 e. The highest BCUT2D eigenvalue weighted by Gasteiger charge is 2.31. The number of hydrogen-bond donors (Lipinski definition) is 1. The van der Waals surface area contributed by atoms with Crippen molar-refractivity contribution in [2.45, 2.75) is 52.4 Å². The Morgan fingerprint density at radius 2 is 1.84 bits per heavy atom. The molecule has 1 N–H and O–H groups in total. The van der Waals surface area contributed by atoms with E-state index >= 15 is 0 Å². The van der Waals surface area contributed by atoms with Gasteiger partial charge in [0.15, 0.2) is 0 Å². The van der Waals surface area contributed by atoms with Gasteiger partial charge in [-0.2, -0.15) is 0 Å². The van der Waals surface area contributed by atoms with E-state index in [9.17, 15) is 9.59 Å². The fourth-order valence-corrected chi connectivity index (χ4v) is 2.67. The van der Waals surface area contributed by atoms with Gasteiger partial charge in [0.1, 0.15) is 18.2 Å². The highest BCUT2D eigenvalue weighted by Crippen LogP contribution is 2.21. The Balaban J connectivity index is 2.72. The number of esters is 1. The van der Waals surface area contributed by atoms with Crippen LogP contribution in [0.3, 0.4) is 0 Å². The summed E-state index contributed by atoms with van der Waals surface area (Å²) in [5.74, 6) is -0.698. The molecule has 5 nitrogen and oxygen atoms in total. The van der Waals surface area contributed by atoms with Crippen molar-refractivity contribution in [1.29, 1.82) is 0 Å². The number of allylic oxidation sites excluding steroid dienone is 1. The van der Waals surface area contributed by atoms with Gasteiger partial charge < -0.3 is 14.8 Å². The minimum absolute atomic E-state index is 0.132. The normalized spacial score (nSPS) is 13.5. The highest BCUT2D eigenvalue weighted by atomic mass is 79.9. The number of carbonyl (C=O) groups excluding carboxylic acids is 2. The van der Waals surface area contributed by atoms with E-state index in [1.54, 1.807) is 20.8 Å². The molecule has 0 aromatic heterocycles. The van der Waals surface area contributed by atoms with Crippen LogP contribution in [0.1, 0.15) is 39.7 Å². The van der Waals surface area contributed by atoms with Crippen molar-refractivity contribution in [1.82, 2.24) is 5.32 Å². The van der Waals surface area contributed by atoms with Crippen LogP contribution in [-0.4, -0.2) is 23.7 Å². The molecule has 1 rings (SSSR count). The Kier molecular flexibility index (Phi) is 8.16. The average molecular weight is 412 g/mol. The first-order chi connectivity index (χ1) is 11.6. The highest BCUT2D eigenvalue weighted by molar-refractivity contribution is 9.11. The molecule has 1 aromatic carbocycles. The molecule has 2 atom stereocenters. The zero-order valence-electron chi connectivity index (χ0n) is 15.2. The number of amides is 1. The molecule has 25 heavy (non-hydrogen) atoms. The van der Waals surface area contributed by atoms with Gasteiger partial charge in [0.2, 0.25) is 0 Å². The Bertz CT molecular complexity index is 595. The minimum atomic E-state index is -0.822. The smallest absolute Gasteiger partial charge is 0.408 e. The summed E-state index contributed by atoms with van der Waals surface area (Å²) in [7, 11) is 0. The van der Waals surface area contributed by atoms with Crippen LogP contribution >= 0.6 is 15.9 Å². The molecule has 0 saturated carbocycles. The van der Waals surface area contributed by atoms with Crippen molar-refractivity contribution < 1.29 is 19.1 Å². The molecular weight excluding hydrogens is 386 g/mol. The molecule has 0 radical (unpaired) electrons. The first kappa shape index (κ1) is 21.2. The summed E-state index contributed by atoms with van der Waals surface area (Å²) in [5.41, 5.74) is 0.226. The van der Waals surface area contributed by atoms with E-state index in [0.717, 1.165) is 10.0 Å². The molecular formula is C19H26BrNO4. The summed E-state index contributed by atoms with van der Waals surface area (Å²) in [6, 6.07) is 8.51. The molecule has 0 aliphatic carbocycles. The molecule has 0 aliphatic heterocycles. The fraction of sp³-hybridized carbons (Fsp3) is 0.474. The summed E-state index contributed by atoms with van der Waals surface area (Å²) in [6.45, 7) is 11.1. The van der Waals surface area contributed by atoms with Crippen molar-refractivity contribution in [2.24, 2.45) is 5.92 Å². The molecule has 0 saturated heterocycles. The third-order valence-electron chi connectivity index (χ3n) is 3.26. The number of nitrogens with one attached hydrogen (secondary N) is 1. The number of carbonyl (C=O) groups is 2. The number of alkyl carbamates (subject to hydrolysis) is 1. The van der Waals surface area contributed by atoms with Crippen LogP contribution in [0, 0.1) is 5.92 Å². The van der Waals surface area contributed by atoms with E-state index in [1.807, 2.05) is 37.3 Å². The van der Waals surface area contributed by atoms with Crippen molar-refractivity contribution in [3.05, 3.63) is 47.0 Å². The van der Waals surface area contributed by atoms with Crippen LogP contribution in [0.15, 0.2) is 41.4 Å². The number of ether oxygens (including phenoxy) is 2. The summed E-state index contributed by atoms with van der Waals surface area (Å²) in [5, 5.41) is 2.62. The number of hydrogen-bond acceptors (Lipinski definition) is 4. The molecule has 138 valence electrons. The van der Waals surface area contributed by atoms with Gasteiger partial charge in [-0.15, -0.1) is 0 Å². The van der Waals surface area contributed by atoms with E-state index in [2.05, 4.69) is 27.8 Å². The van der Waals surface area contributed by atoms with Gasteiger partial charge in [0.25, 0.3) is 0 Å². The summed E-state index contributed by atoms with van der Waals surface area (Å²) in [4.78, 5) is 24.6. The van der Waals surface area contributed by atoms with Crippen molar-refractivity contribution in [2.75, 3.05) is 0 Å². The lowest BCUT2D eigenvalue weighted by molar-refractivity contribution is -0.158. The van der Waals surface area contributed by atoms with E-state index in [1.165, 1.54) is 0 Å². The Morgan fingerprint density at radius 1 is 1.24 bits per heavy atom. The SMILES string of the molecule is C=C(Br)CC(C)[C@H](NC(=O)OCc1ccccc1)C(=O)OC(C)(C)C. The molecule has 0 bridgehead atoms. The van der Waals surface area contributed by atoms with E-state index < -0.39 is 23.7 Å². The van der Waals surface area contributed by atoms with Gasteiger partial charge in [-0.05, 0) is 43.2 Å². The molecule has 6 heteroatoms. The predicted molar refractivity (Wildman–Crippen MR) is 101 cm³/mol. The average Bonchev–Trinajstić information content (AvgIpc) is 2.49. The lowest BCUT2D eigenvalue weighted by Crippen LogP contribution is -2.48. The van der Waals surface area contributed by atoms with E-state index in [4.69, 9.17) is 9.47 Å². The van der Waals surface area contributed by atoms with Crippen LogP contribution in [0.25, 0.3) is 0 Å². The first-order valence-electron chi connectivity index (χ1n) is 8.12. The van der Waals surface area contributed by atoms with E-state index in [0.29, 0.717) is 6.42 Å². The van der Waals surface area contributed by atoms with Gasteiger partial charge >= 0.3 is 12.1 Å². The van der Waals surface area contributed by atoms with Crippen molar-refractivity contribution in [3.63, 3.8) is 0 Å². The quantitative estimate of drug-likeness (QED) is 0.667. The fourth-order valence-electron chi connectivity index (χ4n) is 2.16. The second kappa shape index (κ2) is 9.61. The predicted octanol–water partition coefficient (Wildman–Crippen LogP) is 4.56. The van der Waals surface area contributed by atoms with Crippen LogP contribution in [0.5, 0.6) is 0 Å². The third-order valence-corrected chi connectivity index (χ3v) is 3.58. The Labute approximate surface area is 157 Å². The largest absolute Gasteiger partial charge is 0.458 e. The second-order valence-electron chi connectivity index (χ2n) is 6.92. The zero-order chi connectivity index (χ0) is 19.0. The van der Waals surface area contributed by atoms with Gasteiger partial charge in [-0.25, -0.2) is 9.59 Å². The maximum absolute atomic E-state index is 12.5. The molecule has 1 aromatic rings. The third kappa shape index (κ3) is 8.72. The van der Waals surface area contributed by atoms with Crippen LogP contribution in [0.4, 0.5) is 4.79 Å². The van der Waals surface area contributed by atoms with Gasteiger partial charge in [0, 0.05) is 0 Å². The molecule has 1 unspecified atom stereocenters. The van der Waals surface area contributed by atoms with Crippen LogP contribution in [0.2, 0.25) is 0 Å². The lowest BCUT2D eigenvalue weighted by Gasteiger charge is -2.27. The molecule has 0 aliphatic rings. The van der Waals surface area contributed by atoms with Crippen LogP contribution in [-0.2, 0) is 20.9 Å². The standard InChI is InChI=1S/C19H26BrNO4/c1-13(11-14(2)20)16(17(22)25-19(3,4)5)21-18(23)24-12-15-9-7-6-8-10-15/h6-10,13,16H,2,11-12H2,1,3-5H3,(H,21,23)/t13?,16-/m0/s1. The maximum Gasteiger partial charge on any atom is 0.408 e. The molecule has 1 amide bonds. The van der Waals surface area contributed by atoms with Gasteiger partial charge in [0.05, 0.1) is 0 Å². The zero-order valence-corrected chi connectivity index (χ0v) is 16.8. The lowest BCUT2D eigenvalue weighted by atomic mass is 9.98. The molecule has 0 heterocycles. The summed E-state index contributed by atoms with van der Waals surface area (Å²) < 4.78 is 11.4. The van der Waals surface area contributed by atoms with Gasteiger partial charge in [-0.1, -0.05) is 59.8 Å². The summed E-state index contributed by atoms with van der Waals surface area (Å²) in [6.07, 6.45) is -0.144. The van der Waals surface area contributed by atoms with Gasteiger partial charge in [-0.3, -0.25) is 0 Å². The van der Waals surface area contributed by atoms with Crippen molar-refractivity contribution in [3.8, 4) is 0 Å². The second-order valence-corrected chi connectivity index (χ2v) is 8.04. The van der Waals surface area contributed by atoms with Crippen molar-refractivity contribution >= 4 is 28.0 Å².